The first-order valence-electron chi connectivity index (χ1n) is 7.48. The van der Waals surface area contributed by atoms with Crippen molar-refractivity contribution in [2.45, 2.75) is 19.8 Å². The third kappa shape index (κ3) is 4.40. The second-order valence-electron chi connectivity index (χ2n) is 5.39. The fourth-order valence-corrected chi connectivity index (χ4v) is 2.33. The summed E-state index contributed by atoms with van der Waals surface area (Å²) in [6, 6.07) is 15.5. The molecule has 0 atom stereocenters. The highest BCUT2D eigenvalue weighted by molar-refractivity contribution is 5.94. The number of nitro benzene ring substituents is 1. The summed E-state index contributed by atoms with van der Waals surface area (Å²) in [6.07, 6.45) is 0.259. The lowest BCUT2D eigenvalue weighted by Crippen LogP contribution is -2.33. The summed E-state index contributed by atoms with van der Waals surface area (Å²) in [4.78, 5) is 24.5. The van der Waals surface area contributed by atoms with E-state index in [0.29, 0.717) is 11.3 Å². The summed E-state index contributed by atoms with van der Waals surface area (Å²) in [6.45, 7) is 2.24. The van der Waals surface area contributed by atoms with Gasteiger partial charge in [-0.3, -0.25) is 14.9 Å². The summed E-state index contributed by atoms with van der Waals surface area (Å²) in [7, 11) is 0. The van der Waals surface area contributed by atoms with Gasteiger partial charge in [0, 0.05) is 24.4 Å². The summed E-state index contributed by atoms with van der Waals surface area (Å²) in [5.74, 6) is -0.199. The van der Waals surface area contributed by atoms with Crippen LogP contribution in [0.5, 0.6) is 0 Å². The first-order chi connectivity index (χ1) is 11.5. The van der Waals surface area contributed by atoms with Crippen LogP contribution in [0.4, 0.5) is 11.4 Å². The molecular weight excluding hydrogens is 306 g/mol. The number of amides is 1. The molecule has 0 radical (unpaired) electrons. The van der Waals surface area contributed by atoms with Gasteiger partial charge in [0.05, 0.1) is 23.8 Å². The molecule has 0 aromatic heterocycles. The van der Waals surface area contributed by atoms with Crippen molar-refractivity contribution in [2.75, 3.05) is 11.4 Å². The van der Waals surface area contributed by atoms with Crippen molar-refractivity contribution in [1.29, 1.82) is 5.26 Å². The molecule has 2 aromatic carbocycles. The Hall–Kier alpha value is -3.20. The normalized spacial score (nSPS) is 10.0. The molecule has 2 rings (SSSR count). The Morgan fingerprint density at radius 3 is 2.58 bits per heavy atom. The average Bonchev–Trinajstić information content (AvgIpc) is 2.57. The van der Waals surface area contributed by atoms with Crippen molar-refractivity contribution in [2.24, 2.45) is 0 Å². The molecular formula is C18H17N3O3. The molecule has 122 valence electrons. The molecule has 0 heterocycles. The van der Waals surface area contributed by atoms with Crippen LogP contribution in [0.2, 0.25) is 0 Å². The Kier molecular flexibility index (Phi) is 5.63. The van der Waals surface area contributed by atoms with Crippen LogP contribution >= 0.6 is 0 Å². The van der Waals surface area contributed by atoms with Crippen molar-refractivity contribution in [3.63, 3.8) is 0 Å². The van der Waals surface area contributed by atoms with E-state index < -0.39 is 4.92 Å². The van der Waals surface area contributed by atoms with Crippen LogP contribution in [0.1, 0.15) is 17.5 Å². The molecule has 2 aromatic rings. The number of carbonyl (C=O) groups is 1. The number of non-ortho nitro benzene ring substituents is 1. The predicted molar refractivity (Wildman–Crippen MR) is 90.6 cm³/mol. The molecule has 6 heteroatoms. The molecule has 0 aliphatic rings. The van der Waals surface area contributed by atoms with Gasteiger partial charge in [-0.2, -0.15) is 5.26 Å². The van der Waals surface area contributed by atoms with Crippen LogP contribution < -0.4 is 4.90 Å². The lowest BCUT2D eigenvalue weighted by atomic mass is 10.1. The first-order valence-corrected chi connectivity index (χ1v) is 7.48. The lowest BCUT2D eigenvalue weighted by Gasteiger charge is -2.22. The van der Waals surface area contributed by atoms with E-state index in [1.165, 1.54) is 12.1 Å². The number of benzene rings is 2. The Morgan fingerprint density at radius 2 is 1.96 bits per heavy atom. The monoisotopic (exact) mass is 323 g/mol. The first kappa shape index (κ1) is 17.2. The minimum atomic E-state index is -0.485. The number of anilines is 1. The smallest absolute Gasteiger partial charge is 0.269 e. The van der Waals surface area contributed by atoms with Gasteiger partial charge in [0.1, 0.15) is 0 Å². The van der Waals surface area contributed by atoms with Gasteiger partial charge >= 0.3 is 0 Å². The SMILES string of the molecule is Cc1ccc(N(CCC#N)C(=O)Cc2cccc([N+](=O)[O-])c2)cc1. The zero-order chi connectivity index (χ0) is 17.5. The highest BCUT2D eigenvalue weighted by Gasteiger charge is 2.17. The van der Waals surface area contributed by atoms with Crippen molar-refractivity contribution >= 4 is 17.3 Å². The zero-order valence-electron chi connectivity index (χ0n) is 13.3. The van der Waals surface area contributed by atoms with E-state index in [1.807, 2.05) is 37.3 Å². The van der Waals surface area contributed by atoms with E-state index in [4.69, 9.17) is 5.26 Å². The molecule has 0 aliphatic heterocycles. The number of carbonyl (C=O) groups excluding carboxylic acids is 1. The van der Waals surface area contributed by atoms with Gasteiger partial charge in [-0.25, -0.2) is 0 Å². The van der Waals surface area contributed by atoms with Crippen LogP contribution in [0.25, 0.3) is 0 Å². The fourth-order valence-electron chi connectivity index (χ4n) is 2.33. The van der Waals surface area contributed by atoms with Crippen LogP contribution in [-0.2, 0) is 11.2 Å². The molecule has 0 fully saturated rings. The van der Waals surface area contributed by atoms with E-state index >= 15 is 0 Å². The number of nitro groups is 1. The number of nitrogens with zero attached hydrogens (tertiary/aromatic N) is 3. The molecule has 0 saturated heterocycles. The number of nitriles is 1. The van der Waals surface area contributed by atoms with E-state index in [0.717, 1.165) is 5.56 Å². The molecule has 0 unspecified atom stereocenters. The van der Waals surface area contributed by atoms with E-state index in [2.05, 4.69) is 0 Å². The Labute approximate surface area is 140 Å². The van der Waals surface area contributed by atoms with E-state index in [1.54, 1.807) is 17.0 Å². The Bertz CT molecular complexity index is 779. The molecule has 0 bridgehead atoms. The molecule has 0 saturated carbocycles. The van der Waals surface area contributed by atoms with Gasteiger partial charge in [0.25, 0.3) is 5.69 Å². The maximum Gasteiger partial charge on any atom is 0.269 e. The summed E-state index contributed by atoms with van der Waals surface area (Å²) >= 11 is 0. The highest BCUT2D eigenvalue weighted by Crippen LogP contribution is 2.19. The standard InChI is InChI=1S/C18H17N3O3/c1-14-6-8-16(9-7-14)20(11-3-10-19)18(22)13-15-4-2-5-17(12-15)21(23)24/h2,4-9,12H,3,11,13H2,1H3. The van der Waals surface area contributed by atoms with Crippen molar-refractivity contribution < 1.29 is 9.72 Å². The largest absolute Gasteiger partial charge is 0.311 e. The molecule has 24 heavy (non-hydrogen) atoms. The van der Waals surface area contributed by atoms with Gasteiger partial charge in [-0.05, 0) is 24.6 Å². The van der Waals surface area contributed by atoms with Crippen molar-refractivity contribution in [3.8, 4) is 6.07 Å². The van der Waals surface area contributed by atoms with Gasteiger partial charge in [0.15, 0.2) is 0 Å². The Morgan fingerprint density at radius 1 is 1.25 bits per heavy atom. The average molecular weight is 323 g/mol. The molecule has 6 nitrogen and oxygen atoms in total. The molecule has 0 spiro atoms. The Balaban J connectivity index is 2.21. The second kappa shape index (κ2) is 7.88. The van der Waals surface area contributed by atoms with Crippen LogP contribution in [0.3, 0.4) is 0 Å². The van der Waals surface area contributed by atoms with E-state index in [9.17, 15) is 14.9 Å². The van der Waals surface area contributed by atoms with Gasteiger partial charge in [-0.1, -0.05) is 29.8 Å². The fraction of sp³-hybridized carbons (Fsp3) is 0.222. The third-order valence-corrected chi connectivity index (χ3v) is 3.57. The minimum absolute atomic E-state index is 0.0424. The molecule has 1 amide bonds. The van der Waals surface area contributed by atoms with Crippen LogP contribution in [-0.4, -0.2) is 17.4 Å². The quantitative estimate of drug-likeness (QED) is 0.602. The van der Waals surface area contributed by atoms with Crippen molar-refractivity contribution in [1.82, 2.24) is 0 Å². The lowest BCUT2D eigenvalue weighted by molar-refractivity contribution is -0.384. The number of rotatable bonds is 6. The number of hydrogen-bond acceptors (Lipinski definition) is 4. The van der Waals surface area contributed by atoms with Gasteiger partial charge < -0.3 is 4.90 Å². The summed E-state index contributed by atoms with van der Waals surface area (Å²) in [5.41, 5.74) is 2.32. The van der Waals surface area contributed by atoms with E-state index in [-0.39, 0.29) is 31.0 Å². The van der Waals surface area contributed by atoms with Gasteiger partial charge in [0.2, 0.25) is 5.91 Å². The topological polar surface area (TPSA) is 87.2 Å². The minimum Gasteiger partial charge on any atom is -0.311 e. The predicted octanol–water partition coefficient (Wildman–Crippen LogP) is 3.39. The number of aryl methyl sites for hydroxylation is 1. The summed E-state index contributed by atoms with van der Waals surface area (Å²) < 4.78 is 0. The molecule has 0 N–H and O–H groups in total. The highest BCUT2D eigenvalue weighted by atomic mass is 16.6. The maximum absolute atomic E-state index is 12.6. The summed E-state index contributed by atoms with van der Waals surface area (Å²) in [5, 5.41) is 19.7. The van der Waals surface area contributed by atoms with Crippen molar-refractivity contribution in [3.05, 3.63) is 69.8 Å². The van der Waals surface area contributed by atoms with Gasteiger partial charge in [-0.15, -0.1) is 0 Å². The zero-order valence-corrected chi connectivity index (χ0v) is 13.3. The number of hydrogen-bond donors (Lipinski definition) is 0. The second-order valence-corrected chi connectivity index (χ2v) is 5.39. The van der Waals surface area contributed by atoms with Crippen LogP contribution in [0.15, 0.2) is 48.5 Å². The third-order valence-electron chi connectivity index (χ3n) is 3.57. The molecule has 0 aliphatic carbocycles. The van der Waals surface area contributed by atoms with Crippen LogP contribution in [0, 0.1) is 28.4 Å². The maximum atomic E-state index is 12.6.